The highest BCUT2D eigenvalue weighted by molar-refractivity contribution is 5.88. The van der Waals surface area contributed by atoms with Crippen LogP contribution in [-0.2, 0) is 4.79 Å². The van der Waals surface area contributed by atoms with Gasteiger partial charge < -0.3 is 11.1 Å². The predicted octanol–water partition coefficient (Wildman–Crippen LogP) is 2.34. The number of carbonyl (C=O) groups is 1. The van der Waals surface area contributed by atoms with Gasteiger partial charge in [0.15, 0.2) is 0 Å². The average molecular weight is 232 g/mol. The van der Waals surface area contributed by atoms with E-state index in [4.69, 9.17) is 5.73 Å². The van der Waals surface area contributed by atoms with E-state index in [1.165, 1.54) is 12.5 Å². The lowest BCUT2D eigenvalue weighted by molar-refractivity contribution is -0.114. The first-order chi connectivity index (χ1) is 7.96. The number of anilines is 1. The van der Waals surface area contributed by atoms with Crippen LogP contribution in [0, 0.1) is 11.3 Å². The number of carbonyl (C=O) groups excluding carboxylic acids is 1. The van der Waals surface area contributed by atoms with E-state index in [0.717, 1.165) is 12.2 Å². The van der Waals surface area contributed by atoms with Crippen LogP contribution in [0.15, 0.2) is 24.3 Å². The van der Waals surface area contributed by atoms with Crippen LogP contribution in [0.1, 0.15) is 32.3 Å². The molecule has 0 radical (unpaired) electrons. The lowest BCUT2D eigenvalue weighted by Crippen LogP contribution is -2.05. The van der Waals surface area contributed by atoms with Crippen LogP contribution in [-0.4, -0.2) is 12.5 Å². The van der Waals surface area contributed by atoms with Crippen molar-refractivity contribution in [3.05, 3.63) is 29.8 Å². The van der Waals surface area contributed by atoms with Crippen LogP contribution in [0.5, 0.6) is 0 Å². The third-order valence-corrected chi connectivity index (χ3v) is 3.89. The maximum absolute atomic E-state index is 10.9. The number of rotatable bonds is 3. The van der Waals surface area contributed by atoms with Gasteiger partial charge in [-0.2, -0.15) is 0 Å². The Bertz CT molecular complexity index is 422. The van der Waals surface area contributed by atoms with Crippen molar-refractivity contribution in [2.24, 2.45) is 17.1 Å². The molecule has 1 aliphatic carbocycles. The van der Waals surface area contributed by atoms with Gasteiger partial charge in [0, 0.05) is 12.6 Å². The van der Waals surface area contributed by atoms with Gasteiger partial charge in [-0.25, -0.2) is 0 Å². The molecular formula is C14H20N2O. The summed E-state index contributed by atoms with van der Waals surface area (Å²) in [6.45, 7) is 6.78. The molecule has 1 aromatic carbocycles. The summed E-state index contributed by atoms with van der Waals surface area (Å²) in [7, 11) is 0. The zero-order valence-electron chi connectivity index (χ0n) is 10.7. The molecule has 1 fully saturated rings. The molecule has 2 rings (SSSR count). The highest BCUT2D eigenvalue weighted by Gasteiger charge is 2.56. The number of nitrogens with one attached hydrogen (secondary N) is 1. The van der Waals surface area contributed by atoms with Gasteiger partial charge in [-0.3, -0.25) is 4.79 Å². The van der Waals surface area contributed by atoms with E-state index in [9.17, 15) is 4.79 Å². The minimum Gasteiger partial charge on any atom is -0.330 e. The molecule has 0 heterocycles. The first kappa shape index (κ1) is 12.1. The minimum atomic E-state index is -0.0377. The predicted molar refractivity (Wildman–Crippen MR) is 69.8 cm³/mol. The fourth-order valence-electron chi connectivity index (χ4n) is 2.82. The van der Waals surface area contributed by atoms with E-state index in [0.29, 0.717) is 17.3 Å². The Labute approximate surface area is 102 Å². The molecular weight excluding hydrogens is 212 g/mol. The van der Waals surface area contributed by atoms with Crippen LogP contribution < -0.4 is 11.1 Å². The lowest BCUT2D eigenvalue weighted by atomic mass is 10.0. The Morgan fingerprint density at radius 2 is 1.94 bits per heavy atom. The van der Waals surface area contributed by atoms with Crippen molar-refractivity contribution in [1.29, 1.82) is 0 Å². The molecule has 3 heteroatoms. The number of benzene rings is 1. The largest absolute Gasteiger partial charge is 0.330 e. The van der Waals surface area contributed by atoms with E-state index >= 15 is 0 Å². The summed E-state index contributed by atoms with van der Waals surface area (Å²) in [4.78, 5) is 10.9. The summed E-state index contributed by atoms with van der Waals surface area (Å²) in [6.07, 6.45) is 0. The van der Waals surface area contributed by atoms with Crippen molar-refractivity contribution < 1.29 is 4.79 Å². The monoisotopic (exact) mass is 232 g/mol. The Balaban J connectivity index is 2.12. The zero-order valence-corrected chi connectivity index (χ0v) is 10.7. The Kier molecular flexibility index (Phi) is 2.96. The highest BCUT2D eigenvalue weighted by atomic mass is 16.1. The number of nitrogens with two attached hydrogens (primary N) is 1. The molecule has 17 heavy (non-hydrogen) atoms. The highest BCUT2D eigenvalue weighted by Crippen LogP contribution is 2.63. The van der Waals surface area contributed by atoms with E-state index < -0.39 is 0 Å². The van der Waals surface area contributed by atoms with E-state index in [1.807, 2.05) is 12.1 Å². The van der Waals surface area contributed by atoms with Gasteiger partial charge in [0.1, 0.15) is 0 Å². The molecule has 0 saturated heterocycles. The SMILES string of the molecule is CC(=O)Nc1ccc([C@H]2[C@H](CN)C2(C)C)cc1. The average Bonchev–Trinajstić information content (AvgIpc) is 2.81. The number of hydrogen-bond donors (Lipinski definition) is 2. The van der Waals surface area contributed by atoms with Gasteiger partial charge in [0.05, 0.1) is 0 Å². The third kappa shape index (κ3) is 2.20. The van der Waals surface area contributed by atoms with Crippen LogP contribution >= 0.6 is 0 Å². The second kappa shape index (κ2) is 4.15. The first-order valence-corrected chi connectivity index (χ1v) is 6.04. The van der Waals surface area contributed by atoms with Crippen molar-refractivity contribution in [1.82, 2.24) is 0 Å². The summed E-state index contributed by atoms with van der Waals surface area (Å²) in [5.41, 5.74) is 8.26. The molecule has 0 spiro atoms. The van der Waals surface area contributed by atoms with Gasteiger partial charge in [-0.05, 0) is 41.5 Å². The smallest absolute Gasteiger partial charge is 0.221 e. The van der Waals surface area contributed by atoms with Crippen molar-refractivity contribution in [2.45, 2.75) is 26.7 Å². The minimum absolute atomic E-state index is 0.0377. The summed E-state index contributed by atoms with van der Waals surface area (Å²) >= 11 is 0. The summed E-state index contributed by atoms with van der Waals surface area (Å²) in [6, 6.07) is 8.10. The van der Waals surface area contributed by atoms with E-state index in [1.54, 1.807) is 0 Å². The molecule has 0 aromatic heterocycles. The first-order valence-electron chi connectivity index (χ1n) is 6.04. The van der Waals surface area contributed by atoms with Gasteiger partial charge in [0.25, 0.3) is 0 Å². The molecule has 1 amide bonds. The van der Waals surface area contributed by atoms with E-state index in [2.05, 4.69) is 31.3 Å². The van der Waals surface area contributed by atoms with Crippen LogP contribution in [0.2, 0.25) is 0 Å². The molecule has 1 saturated carbocycles. The van der Waals surface area contributed by atoms with Gasteiger partial charge in [0.2, 0.25) is 5.91 Å². The standard InChI is InChI=1S/C14H20N2O/c1-9(17)16-11-6-4-10(5-7-11)13-12(8-15)14(13,2)3/h4-7,12-13H,8,15H2,1-3H3,(H,16,17)/t12-,13-/m0/s1. The number of amides is 1. The van der Waals surface area contributed by atoms with Crippen LogP contribution in [0.4, 0.5) is 5.69 Å². The topological polar surface area (TPSA) is 55.1 Å². The second-order valence-corrected chi connectivity index (χ2v) is 5.44. The molecule has 0 unspecified atom stereocenters. The van der Waals surface area contributed by atoms with Crippen LogP contribution in [0.25, 0.3) is 0 Å². The normalized spacial score (nSPS) is 25.4. The zero-order chi connectivity index (χ0) is 12.6. The van der Waals surface area contributed by atoms with Crippen molar-refractivity contribution >= 4 is 11.6 Å². The summed E-state index contributed by atoms with van der Waals surface area (Å²) in [5, 5.41) is 2.77. The quantitative estimate of drug-likeness (QED) is 0.840. The van der Waals surface area contributed by atoms with Crippen molar-refractivity contribution in [3.8, 4) is 0 Å². The molecule has 92 valence electrons. The van der Waals surface area contributed by atoms with Gasteiger partial charge in [-0.15, -0.1) is 0 Å². The maximum Gasteiger partial charge on any atom is 0.221 e. The Morgan fingerprint density at radius 1 is 1.35 bits per heavy atom. The molecule has 3 N–H and O–H groups in total. The molecule has 3 nitrogen and oxygen atoms in total. The van der Waals surface area contributed by atoms with Gasteiger partial charge >= 0.3 is 0 Å². The molecule has 0 aliphatic heterocycles. The second-order valence-electron chi connectivity index (χ2n) is 5.44. The fraction of sp³-hybridized carbons (Fsp3) is 0.500. The Hall–Kier alpha value is -1.35. The third-order valence-electron chi connectivity index (χ3n) is 3.89. The Morgan fingerprint density at radius 3 is 2.35 bits per heavy atom. The van der Waals surface area contributed by atoms with Crippen molar-refractivity contribution in [2.75, 3.05) is 11.9 Å². The molecule has 1 aliphatic rings. The van der Waals surface area contributed by atoms with Crippen LogP contribution in [0.3, 0.4) is 0 Å². The van der Waals surface area contributed by atoms with Crippen molar-refractivity contribution in [3.63, 3.8) is 0 Å². The maximum atomic E-state index is 10.9. The summed E-state index contributed by atoms with van der Waals surface area (Å²) in [5.74, 6) is 1.09. The molecule has 2 atom stereocenters. The molecule has 1 aromatic rings. The van der Waals surface area contributed by atoms with E-state index in [-0.39, 0.29) is 5.91 Å². The molecule has 0 bridgehead atoms. The lowest BCUT2D eigenvalue weighted by Gasteiger charge is -2.05. The fourth-order valence-corrected chi connectivity index (χ4v) is 2.82. The van der Waals surface area contributed by atoms with Gasteiger partial charge in [-0.1, -0.05) is 26.0 Å². The number of hydrogen-bond acceptors (Lipinski definition) is 2. The summed E-state index contributed by atoms with van der Waals surface area (Å²) < 4.78 is 0.